The maximum Gasteiger partial charge on any atom is 0.137 e. The zero-order valence-corrected chi connectivity index (χ0v) is 12.2. The van der Waals surface area contributed by atoms with E-state index in [0.717, 1.165) is 18.4 Å². The first-order valence-electron chi connectivity index (χ1n) is 7.73. The van der Waals surface area contributed by atoms with Crippen molar-refractivity contribution in [2.75, 3.05) is 0 Å². The van der Waals surface area contributed by atoms with E-state index in [1.807, 2.05) is 12.1 Å². The highest BCUT2D eigenvalue weighted by Gasteiger charge is 2.03. The van der Waals surface area contributed by atoms with E-state index in [2.05, 4.69) is 11.9 Å². The third-order valence-electron chi connectivity index (χ3n) is 3.43. The monoisotopic (exact) mass is 261 g/mol. The standard InChI is InChI=1S/C17H27NO/c1-2-3-4-5-6-7-8-9-12-17(19)14-16-11-10-13-18-15-16/h10-11,13,15H,2-9,12,14H2,1H3. The Labute approximate surface area is 117 Å². The number of aromatic nitrogens is 1. The van der Waals surface area contributed by atoms with Crippen LogP contribution in [0, 0.1) is 0 Å². The van der Waals surface area contributed by atoms with E-state index in [9.17, 15) is 4.79 Å². The number of Topliss-reactive ketones (excluding diaryl/α,β-unsaturated/α-hetero) is 1. The lowest BCUT2D eigenvalue weighted by Gasteiger charge is -2.02. The smallest absolute Gasteiger partial charge is 0.137 e. The highest BCUT2D eigenvalue weighted by atomic mass is 16.1. The fraction of sp³-hybridized carbons (Fsp3) is 0.647. The molecule has 0 N–H and O–H groups in total. The number of ketones is 1. The lowest BCUT2D eigenvalue weighted by molar-refractivity contribution is -0.118. The molecule has 0 aromatic carbocycles. The summed E-state index contributed by atoms with van der Waals surface area (Å²) in [6, 6.07) is 3.86. The van der Waals surface area contributed by atoms with Gasteiger partial charge in [-0.1, -0.05) is 57.9 Å². The van der Waals surface area contributed by atoms with Gasteiger partial charge in [0.05, 0.1) is 0 Å². The van der Waals surface area contributed by atoms with Crippen LogP contribution in [0.15, 0.2) is 24.5 Å². The van der Waals surface area contributed by atoms with Gasteiger partial charge in [0.15, 0.2) is 0 Å². The van der Waals surface area contributed by atoms with Crippen molar-refractivity contribution in [3.8, 4) is 0 Å². The molecule has 0 amide bonds. The van der Waals surface area contributed by atoms with Gasteiger partial charge in [-0.3, -0.25) is 9.78 Å². The molecular weight excluding hydrogens is 234 g/mol. The van der Waals surface area contributed by atoms with Crippen LogP contribution in [0.3, 0.4) is 0 Å². The van der Waals surface area contributed by atoms with Crippen LogP contribution in [0.1, 0.15) is 70.3 Å². The topological polar surface area (TPSA) is 30.0 Å². The largest absolute Gasteiger partial charge is 0.299 e. The third kappa shape index (κ3) is 8.52. The molecule has 2 nitrogen and oxygen atoms in total. The molecule has 0 radical (unpaired) electrons. The summed E-state index contributed by atoms with van der Waals surface area (Å²) in [5.41, 5.74) is 1.03. The van der Waals surface area contributed by atoms with Crippen molar-refractivity contribution in [1.29, 1.82) is 0 Å². The summed E-state index contributed by atoms with van der Waals surface area (Å²) in [6.07, 6.45) is 15.1. The van der Waals surface area contributed by atoms with Gasteiger partial charge in [-0.15, -0.1) is 0 Å². The van der Waals surface area contributed by atoms with Gasteiger partial charge in [0.1, 0.15) is 5.78 Å². The fourth-order valence-corrected chi connectivity index (χ4v) is 2.27. The Morgan fingerprint density at radius 1 is 1.05 bits per heavy atom. The average Bonchev–Trinajstić information content (AvgIpc) is 2.43. The zero-order valence-electron chi connectivity index (χ0n) is 12.2. The first-order valence-corrected chi connectivity index (χ1v) is 7.73. The van der Waals surface area contributed by atoms with E-state index in [1.165, 1.54) is 44.9 Å². The molecule has 0 bridgehead atoms. The second-order valence-electron chi connectivity index (χ2n) is 5.30. The summed E-state index contributed by atoms with van der Waals surface area (Å²) in [5, 5.41) is 0. The van der Waals surface area contributed by atoms with E-state index >= 15 is 0 Å². The average molecular weight is 261 g/mol. The van der Waals surface area contributed by atoms with Gasteiger partial charge < -0.3 is 0 Å². The lowest BCUT2D eigenvalue weighted by atomic mass is 10.0. The van der Waals surface area contributed by atoms with E-state index < -0.39 is 0 Å². The van der Waals surface area contributed by atoms with Gasteiger partial charge in [-0.05, 0) is 18.1 Å². The highest BCUT2D eigenvalue weighted by molar-refractivity contribution is 5.80. The molecule has 1 aromatic heterocycles. The van der Waals surface area contributed by atoms with E-state index in [-0.39, 0.29) is 0 Å². The minimum absolute atomic E-state index is 0.346. The molecule has 0 aliphatic rings. The lowest BCUT2D eigenvalue weighted by Crippen LogP contribution is -2.02. The molecule has 0 unspecified atom stereocenters. The molecule has 106 valence electrons. The SMILES string of the molecule is CCCCCCCCCCC(=O)Cc1cccnc1. The molecule has 1 rings (SSSR count). The Morgan fingerprint density at radius 2 is 1.74 bits per heavy atom. The van der Waals surface area contributed by atoms with Crippen LogP contribution in [0.4, 0.5) is 0 Å². The second-order valence-corrected chi connectivity index (χ2v) is 5.30. The molecule has 0 aliphatic heterocycles. The Hall–Kier alpha value is -1.18. The molecule has 2 heteroatoms. The van der Waals surface area contributed by atoms with Crippen molar-refractivity contribution in [1.82, 2.24) is 4.98 Å². The molecule has 0 aliphatic carbocycles. The van der Waals surface area contributed by atoms with E-state index in [0.29, 0.717) is 12.2 Å². The summed E-state index contributed by atoms with van der Waals surface area (Å²) < 4.78 is 0. The molecule has 0 saturated carbocycles. The maximum atomic E-state index is 11.8. The van der Waals surface area contributed by atoms with Gasteiger partial charge >= 0.3 is 0 Å². The van der Waals surface area contributed by atoms with Crippen molar-refractivity contribution in [2.24, 2.45) is 0 Å². The molecule has 1 heterocycles. The summed E-state index contributed by atoms with van der Waals surface area (Å²) in [4.78, 5) is 15.8. The quantitative estimate of drug-likeness (QED) is 0.539. The predicted molar refractivity (Wildman–Crippen MR) is 80.2 cm³/mol. The van der Waals surface area contributed by atoms with Crippen LogP contribution in [-0.2, 0) is 11.2 Å². The number of pyridine rings is 1. The van der Waals surface area contributed by atoms with Gasteiger partial charge in [0.25, 0.3) is 0 Å². The highest BCUT2D eigenvalue weighted by Crippen LogP contribution is 2.10. The van der Waals surface area contributed by atoms with Gasteiger partial charge in [0, 0.05) is 25.2 Å². The minimum Gasteiger partial charge on any atom is -0.299 e. The molecule has 1 aromatic rings. The van der Waals surface area contributed by atoms with Crippen LogP contribution >= 0.6 is 0 Å². The van der Waals surface area contributed by atoms with Crippen molar-refractivity contribution in [3.63, 3.8) is 0 Å². The Kier molecular flexibility index (Phi) is 8.95. The van der Waals surface area contributed by atoms with Crippen LogP contribution in [0.5, 0.6) is 0 Å². The third-order valence-corrected chi connectivity index (χ3v) is 3.43. The number of unbranched alkanes of at least 4 members (excludes halogenated alkanes) is 7. The number of hydrogen-bond donors (Lipinski definition) is 0. The first-order chi connectivity index (χ1) is 9.33. The fourth-order valence-electron chi connectivity index (χ4n) is 2.27. The summed E-state index contributed by atoms with van der Waals surface area (Å²) in [6.45, 7) is 2.24. The van der Waals surface area contributed by atoms with Gasteiger partial charge in [0.2, 0.25) is 0 Å². The molecule has 0 fully saturated rings. The van der Waals surface area contributed by atoms with Crippen LogP contribution in [-0.4, -0.2) is 10.8 Å². The van der Waals surface area contributed by atoms with Gasteiger partial charge in [-0.25, -0.2) is 0 Å². The number of carbonyl (C=O) groups excluding carboxylic acids is 1. The van der Waals surface area contributed by atoms with Gasteiger partial charge in [-0.2, -0.15) is 0 Å². The summed E-state index contributed by atoms with van der Waals surface area (Å²) in [7, 11) is 0. The summed E-state index contributed by atoms with van der Waals surface area (Å²) >= 11 is 0. The molecule has 0 saturated heterocycles. The molecule has 19 heavy (non-hydrogen) atoms. The van der Waals surface area contributed by atoms with E-state index in [4.69, 9.17) is 0 Å². The second kappa shape index (κ2) is 10.7. The number of hydrogen-bond acceptors (Lipinski definition) is 2. The summed E-state index contributed by atoms with van der Waals surface area (Å²) in [5.74, 6) is 0.346. The van der Waals surface area contributed by atoms with Crippen molar-refractivity contribution >= 4 is 5.78 Å². The van der Waals surface area contributed by atoms with Crippen molar-refractivity contribution in [3.05, 3.63) is 30.1 Å². The molecule has 0 spiro atoms. The molecular formula is C17H27NO. The number of rotatable bonds is 11. The Morgan fingerprint density at radius 3 is 2.37 bits per heavy atom. The van der Waals surface area contributed by atoms with Crippen LogP contribution in [0.2, 0.25) is 0 Å². The van der Waals surface area contributed by atoms with E-state index in [1.54, 1.807) is 12.4 Å². The number of nitrogens with zero attached hydrogens (tertiary/aromatic N) is 1. The predicted octanol–water partition coefficient (Wildman–Crippen LogP) is 4.72. The Balaban J connectivity index is 1.96. The Bertz CT molecular complexity index is 334. The minimum atomic E-state index is 0.346. The molecule has 0 atom stereocenters. The van der Waals surface area contributed by atoms with Crippen LogP contribution in [0.25, 0.3) is 0 Å². The number of carbonyl (C=O) groups is 1. The van der Waals surface area contributed by atoms with Crippen molar-refractivity contribution < 1.29 is 4.79 Å². The first kappa shape index (κ1) is 15.9. The normalized spacial score (nSPS) is 10.6. The van der Waals surface area contributed by atoms with Crippen LogP contribution < -0.4 is 0 Å². The zero-order chi connectivity index (χ0) is 13.8. The van der Waals surface area contributed by atoms with Crippen molar-refractivity contribution in [2.45, 2.75) is 71.1 Å². The maximum absolute atomic E-state index is 11.8.